The van der Waals surface area contributed by atoms with Crippen LogP contribution in [0.1, 0.15) is 24.5 Å². The van der Waals surface area contributed by atoms with Crippen molar-refractivity contribution in [3.8, 4) is 11.5 Å². The molecule has 1 fully saturated rings. The highest BCUT2D eigenvalue weighted by molar-refractivity contribution is 5.43. The number of benzene rings is 1. The molecule has 3 rings (SSSR count). The first kappa shape index (κ1) is 24.5. The van der Waals surface area contributed by atoms with Crippen LogP contribution in [0.4, 0.5) is 0 Å². The summed E-state index contributed by atoms with van der Waals surface area (Å²) in [6.45, 7) is 9.81. The third kappa shape index (κ3) is 7.74. The number of hydrogen-bond donors (Lipinski definition) is 1. The maximum Gasteiger partial charge on any atom is 0.161 e. The highest BCUT2D eigenvalue weighted by Crippen LogP contribution is 2.29. The third-order valence-corrected chi connectivity index (χ3v) is 5.95. The van der Waals surface area contributed by atoms with Crippen molar-refractivity contribution in [2.75, 3.05) is 60.0 Å². The van der Waals surface area contributed by atoms with Crippen LogP contribution >= 0.6 is 0 Å². The van der Waals surface area contributed by atoms with Gasteiger partial charge in [-0.3, -0.25) is 14.8 Å². The van der Waals surface area contributed by atoms with Gasteiger partial charge in [-0.25, -0.2) is 0 Å². The Kier molecular flexibility index (Phi) is 9.74. The Balaban J connectivity index is 1.56. The van der Waals surface area contributed by atoms with E-state index < -0.39 is 6.10 Å². The van der Waals surface area contributed by atoms with Crippen molar-refractivity contribution in [2.24, 2.45) is 0 Å². The number of rotatable bonds is 11. The number of pyridine rings is 1. The molecule has 1 saturated heterocycles. The minimum Gasteiger partial charge on any atom is -0.493 e. The van der Waals surface area contributed by atoms with Gasteiger partial charge in [-0.1, -0.05) is 13.0 Å². The molecule has 0 amide bonds. The molecule has 176 valence electrons. The Bertz CT molecular complexity index is 805. The summed E-state index contributed by atoms with van der Waals surface area (Å²) in [5.41, 5.74) is 2.40. The Morgan fingerprint density at radius 3 is 2.56 bits per heavy atom. The maximum atomic E-state index is 10.6. The van der Waals surface area contributed by atoms with E-state index in [0.717, 1.165) is 57.8 Å². The van der Waals surface area contributed by atoms with Gasteiger partial charge in [0.05, 0.1) is 7.11 Å². The van der Waals surface area contributed by atoms with Crippen molar-refractivity contribution < 1.29 is 14.6 Å². The zero-order chi connectivity index (χ0) is 22.8. The standard InChI is InChI=1S/C25H38N4O3/c1-4-28(17-21-8-10-26-11-9-21)18-22-6-7-24(31-3)25(16-22)32-20-23(30)19-29-13-5-12-27(2)14-15-29/h6-11,16,23,30H,4-5,12-15,17-20H2,1-3H3. The second kappa shape index (κ2) is 12.7. The van der Waals surface area contributed by atoms with Crippen LogP contribution < -0.4 is 9.47 Å². The molecule has 0 saturated carbocycles. The number of hydrogen-bond acceptors (Lipinski definition) is 7. The molecule has 0 radical (unpaired) electrons. The topological polar surface area (TPSA) is 61.3 Å². The van der Waals surface area contributed by atoms with Gasteiger partial charge < -0.3 is 19.5 Å². The molecule has 1 aromatic carbocycles. The van der Waals surface area contributed by atoms with Gasteiger partial charge >= 0.3 is 0 Å². The van der Waals surface area contributed by atoms with Crippen LogP contribution in [0.5, 0.6) is 11.5 Å². The van der Waals surface area contributed by atoms with Gasteiger partial charge in [-0.15, -0.1) is 0 Å². The van der Waals surface area contributed by atoms with E-state index in [2.05, 4.69) is 51.9 Å². The number of β-amino-alcohol motifs (C(OH)–C–C–N with tert-alkyl or cyclic N) is 1. The average Bonchev–Trinajstić information content (AvgIpc) is 3.01. The molecule has 0 aliphatic carbocycles. The van der Waals surface area contributed by atoms with Crippen molar-refractivity contribution in [2.45, 2.75) is 32.5 Å². The number of aliphatic hydroxyl groups is 1. The van der Waals surface area contributed by atoms with E-state index in [9.17, 15) is 5.11 Å². The van der Waals surface area contributed by atoms with Crippen LogP contribution in [0, 0.1) is 0 Å². The van der Waals surface area contributed by atoms with E-state index in [4.69, 9.17) is 9.47 Å². The SMILES string of the molecule is CCN(Cc1ccncc1)Cc1ccc(OC)c(OCC(O)CN2CCCN(C)CC2)c1. The lowest BCUT2D eigenvalue weighted by molar-refractivity contribution is 0.0685. The Hall–Kier alpha value is -2.19. The number of aliphatic hydroxyl groups excluding tert-OH is 1. The molecule has 1 atom stereocenters. The fraction of sp³-hybridized carbons (Fsp3) is 0.560. The van der Waals surface area contributed by atoms with Crippen molar-refractivity contribution in [1.29, 1.82) is 0 Å². The monoisotopic (exact) mass is 442 g/mol. The van der Waals surface area contributed by atoms with E-state index in [1.165, 1.54) is 5.56 Å². The maximum absolute atomic E-state index is 10.6. The summed E-state index contributed by atoms with van der Waals surface area (Å²) in [5, 5.41) is 10.6. The third-order valence-electron chi connectivity index (χ3n) is 5.95. The molecule has 7 heteroatoms. The van der Waals surface area contributed by atoms with Crippen LogP contribution in [0.2, 0.25) is 0 Å². The number of methoxy groups -OCH3 is 1. The van der Waals surface area contributed by atoms with E-state index in [1.807, 2.05) is 24.5 Å². The van der Waals surface area contributed by atoms with Gasteiger partial charge in [0.2, 0.25) is 0 Å². The van der Waals surface area contributed by atoms with E-state index in [1.54, 1.807) is 7.11 Å². The van der Waals surface area contributed by atoms with Crippen LogP contribution in [-0.2, 0) is 13.1 Å². The molecule has 2 heterocycles. The lowest BCUT2D eigenvalue weighted by Gasteiger charge is -2.24. The minimum atomic E-state index is -0.536. The highest BCUT2D eigenvalue weighted by atomic mass is 16.5. The molecule has 1 aliphatic heterocycles. The molecule has 1 unspecified atom stereocenters. The fourth-order valence-electron chi connectivity index (χ4n) is 4.04. The zero-order valence-corrected chi connectivity index (χ0v) is 19.7. The largest absolute Gasteiger partial charge is 0.493 e. The van der Waals surface area contributed by atoms with Crippen LogP contribution in [0.3, 0.4) is 0 Å². The summed E-state index contributed by atoms with van der Waals surface area (Å²) >= 11 is 0. The van der Waals surface area contributed by atoms with Gasteiger partial charge in [0.25, 0.3) is 0 Å². The molecule has 1 N–H and O–H groups in total. The van der Waals surface area contributed by atoms with Crippen molar-refractivity contribution >= 4 is 0 Å². The molecule has 1 aromatic heterocycles. The van der Waals surface area contributed by atoms with Crippen molar-refractivity contribution in [3.05, 3.63) is 53.9 Å². The Morgan fingerprint density at radius 1 is 1.03 bits per heavy atom. The van der Waals surface area contributed by atoms with E-state index >= 15 is 0 Å². The molecule has 0 bridgehead atoms. The quantitative estimate of drug-likeness (QED) is 0.574. The van der Waals surface area contributed by atoms with Crippen molar-refractivity contribution in [3.63, 3.8) is 0 Å². The number of nitrogens with zero attached hydrogens (tertiary/aromatic N) is 4. The van der Waals surface area contributed by atoms with Crippen LogP contribution in [-0.4, -0.2) is 90.9 Å². The lowest BCUT2D eigenvalue weighted by atomic mass is 10.1. The first-order chi connectivity index (χ1) is 15.6. The smallest absolute Gasteiger partial charge is 0.161 e. The fourth-order valence-corrected chi connectivity index (χ4v) is 4.04. The second-order valence-corrected chi connectivity index (χ2v) is 8.57. The number of ether oxygens (including phenoxy) is 2. The summed E-state index contributed by atoms with van der Waals surface area (Å²) in [6.07, 6.45) is 4.26. The second-order valence-electron chi connectivity index (χ2n) is 8.57. The summed E-state index contributed by atoms with van der Waals surface area (Å²) in [4.78, 5) is 11.1. The zero-order valence-electron chi connectivity index (χ0n) is 19.7. The predicted molar refractivity (Wildman–Crippen MR) is 127 cm³/mol. The van der Waals surface area contributed by atoms with E-state index in [-0.39, 0.29) is 6.61 Å². The summed E-state index contributed by atoms with van der Waals surface area (Å²) in [5.74, 6) is 1.37. The Labute approximate surface area is 192 Å². The predicted octanol–water partition coefficient (Wildman–Crippen LogP) is 2.49. The van der Waals surface area contributed by atoms with E-state index in [0.29, 0.717) is 18.0 Å². The number of aromatic nitrogens is 1. The molecular weight excluding hydrogens is 404 g/mol. The van der Waals surface area contributed by atoms with Gasteiger partial charge in [-0.05, 0) is 68.5 Å². The molecule has 1 aliphatic rings. The number of likely N-dealkylation sites (N-methyl/N-ethyl adjacent to an activating group) is 1. The van der Waals surface area contributed by atoms with Gasteiger partial charge in [0, 0.05) is 45.1 Å². The van der Waals surface area contributed by atoms with Gasteiger partial charge in [0.15, 0.2) is 11.5 Å². The molecule has 2 aromatic rings. The first-order valence-electron chi connectivity index (χ1n) is 11.6. The summed E-state index contributed by atoms with van der Waals surface area (Å²) in [6, 6.07) is 10.2. The van der Waals surface area contributed by atoms with Crippen molar-refractivity contribution in [1.82, 2.24) is 19.7 Å². The molecule has 7 nitrogen and oxygen atoms in total. The minimum absolute atomic E-state index is 0.251. The molecule has 0 spiro atoms. The van der Waals surface area contributed by atoms with Crippen LogP contribution in [0.15, 0.2) is 42.7 Å². The van der Waals surface area contributed by atoms with Crippen LogP contribution in [0.25, 0.3) is 0 Å². The summed E-state index contributed by atoms with van der Waals surface area (Å²) < 4.78 is 11.5. The lowest BCUT2D eigenvalue weighted by Crippen LogP contribution is -2.37. The van der Waals surface area contributed by atoms with Gasteiger partial charge in [0.1, 0.15) is 12.7 Å². The highest BCUT2D eigenvalue weighted by Gasteiger charge is 2.17. The summed E-state index contributed by atoms with van der Waals surface area (Å²) in [7, 11) is 3.80. The first-order valence-corrected chi connectivity index (χ1v) is 11.6. The Morgan fingerprint density at radius 2 is 1.81 bits per heavy atom. The molecule has 32 heavy (non-hydrogen) atoms. The normalized spacial score (nSPS) is 16.7. The average molecular weight is 443 g/mol. The molecular formula is C25H38N4O3. The van der Waals surface area contributed by atoms with Gasteiger partial charge in [-0.2, -0.15) is 0 Å².